The molecule has 0 heterocycles. The van der Waals surface area contributed by atoms with Crippen LogP contribution in [0.15, 0.2) is 18.2 Å². The number of hydrogen-bond donors (Lipinski definition) is 1. The Morgan fingerprint density at radius 2 is 2.06 bits per heavy atom. The lowest BCUT2D eigenvalue weighted by Crippen LogP contribution is -2.13. The average molecular weight is 256 g/mol. The Balaban J connectivity index is 3.07. The number of methoxy groups -OCH3 is 2. The summed E-state index contributed by atoms with van der Waals surface area (Å²) in [5, 5.41) is 2.92. The van der Waals surface area contributed by atoms with E-state index < -0.39 is 0 Å². The summed E-state index contributed by atoms with van der Waals surface area (Å²) in [5.41, 5.74) is 0.760. The van der Waals surface area contributed by atoms with Gasteiger partial charge in [-0.05, 0) is 23.8 Å². The van der Waals surface area contributed by atoms with Crippen LogP contribution < -0.4 is 14.8 Å². The Labute approximate surface area is 105 Å². The zero-order valence-electron chi connectivity index (χ0n) is 9.91. The lowest BCUT2D eigenvalue weighted by Gasteiger charge is -2.10. The monoisotopic (exact) mass is 255 g/mol. The Bertz CT molecular complexity index is 444. The van der Waals surface area contributed by atoms with Crippen molar-refractivity contribution >= 4 is 23.6 Å². The van der Waals surface area contributed by atoms with Gasteiger partial charge in [0.2, 0.25) is 5.91 Å². The van der Waals surface area contributed by atoms with Gasteiger partial charge in [-0.25, -0.2) is 0 Å². The number of nitrogens with one attached hydrogen (secondary N) is 1. The second-order valence-electron chi connectivity index (χ2n) is 3.19. The lowest BCUT2D eigenvalue weighted by atomic mass is 10.2. The van der Waals surface area contributed by atoms with Gasteiger partial charge >= 0.3 is 0 Å². The second kappa shape index (κ2) is 6.15. The van der Waals surface area contributed by atoms with Crippen molar-refractivity contribution < 1.29 is 14.3 Å². The van der Waals surface area contributed by atoms with Crippen LogP contribution in [-0.2, 0) is 4.79 Å². The van der Waals surface area contributed by atoms with Crippen LogP contribution in [0.25, 0.3) is 6.08 Å². The van der Waals surface area contributed by atoms with Gasteiger partial charge in [-0.3, -0.25) is 4.79 Å². The van der Waals surface area contributed by atoms with E-state index in [1.165, 1.54) is 20.3 Å². The molecule has 0 atom stereocenters. The number of ether oxygens (including phenoxy) is 2. The zero-order valence-corrected chi connectivity index (χ0v) is 10.7. The fourth-order valence-corrected chi connectivity index (χ4v) is 1.59. The van der Waals surface area contributed by atoms with Gasteiger partial charge in [0.1, 0.15) is 0 Å². The van der Waals surface area contributed by atoms with E-state index >= 15 is 0 Å². The maximum Gasteiger partial charge on any atom is 0.243 e. The Morgan fingerprint density at radius 3 is 2.59 bits per heavy atom. The van der Waals surface area contributed by atoms with Crippen molar-refractivity contribution in [2.24, 2.45) is 0 Å². The first-order chi connectivity index (χ1) is 8.12. The predicted molar refractivity (Wildman–Crippen MR) is 67.7 cm³/mol. The predicted octanol–water partition coefficient (Wildman–Crippen LogP) is 2.12. The van der Waals surface area contributed by atoms with Crippen LogP contribution in [0.2, 0.25) is 5.02 Å². The molecule has 1 rings (SSSR count). The highest BCUT2D eigenvalue weighted by molar-refractivity contribution is 6.32. The van der Waals surface area contributed by atoms with E-state index in [-0.39, 0.29) is 5.91 Å². The first-order valence-corrected chi connectivity index (χ1v) is 5.31. The average Bonchev–Trinajstić information content (AvgIpc) is 2.34. The molecule has 0 aliphatic rings. The molecular weight excluding hydrogens is 242 g/mol. The molecule has 1 amide bonds. The van der Waals surface area contributed by atoms with E-state index in [0.717, 1.165) is 5.56 Å². The van der Waals surface area contributed by atoms with Gasteiger partial charge in [-0.2, -0.15) is 0 Å². The van der Waals surface area contributed by atoms with Gasteiger partial charge in [0, 0.05) is 13.1 Å². The fourth-order valence-electron chi connectivity index (χ4n) is 1.29. The molecule has 0 radical (unpaired) electrons. The number of likely N-dealkylation sites (N-methyl/N-ethyl adjacent to an activating group) is 1. The number of halogens is 1. The van der Waals surface area contributed by atoms with Crippen LogP contribution >= 0.6 is 11.6 Å². The maximum absolute atomic E-state index is 11.1. The second-order valence-corrected chi connectivity index (χ2v) is 3.59. The van der Waals surface area contributed by atoms with Crippen LogP contribution in [-0.4, -0.2) is 27.2 Å². The van der Waals surface area contributed by atoms with Crippen molar-refractivity contribution in [2.75, 3.05) is 21.3 Å². The SMILES string of the molecule is CNC(=O)/C=C/c1cc(Cl)c(OC)c(OC)c1. The Kier molecular flexibility index (Phi) is 4.84. The van der Waals surface area contributed by atoms with Gasteiger partial charge < -0.3 is 14.8 Å². The summed E-state index contributed by atoms with van der Waals surface area (Å²) < 4.78 is 10.3. The van der Waals surface area contributed by atoms with Crippen LogP contribution in [0, 0.1) is 0 Å². The maximum atomic E-state index is 11.1. The molecule has 0 saturated carbocycles. The third-order valence-electron chi connectivity index (χ3n) is 2.13. The minimum atomic E-state index is -0.184. The van der Waals surface area contributed by atoms with E-state index in [1.807, 2.05) is 0 Å². The first-order valence-electron chi connectivity index (χ1n) is 4.93. The summed E-state index contributed by atoms with van der Waals surface area (Å²) in [6, 6.07) is 3.44. The quantitative estimate of drug-likeness (QED) is 0.839. The molecule has 0 fully saturated rings. The molecule has 4 nitrogen and oxygen atoms in total. The van der Waals surface area contributed by atoms with Crippen LogP contribution in [0.5, 0.6) is 11.5 Å². The molecule has 92 valence electrons. The van der Waals surface area contributed by atoms with Gasteiger partial charge in [0.15, 0.2) is 11.5 Å². The summed E-state index contributed by atoms with van der Waals surface area (Å²) in [6.45, 7) is 0. The largest absolute Gasteiger partial charge is 0.493 e. The van der Waals surface area contributed by atoms with Crippen molar-refractivity contribution in [1.29, 1.82) is 0 Å². The molecular formula is C12H14ClNO3. The summed E-state index contributed by atoms with van der Waals surface area (Å²) in [7, 11) is 4.61. The van der Waals surface area contributed by atoms with E-state index in [4.69, 9.17) is 21.1 Å². The Morgan fingerprint density at radius 1 is 1.35 bits per heavy atom. The minimum absolute atomic E-state index is 0.184. The van der Waals surface area contributed by atoms with Gasteiger partial charge in [-0.15, -0.1) is 0 Å². The topological polar surface area (TPSA) is 47.6 Å². The molecule has 1 aromatic carbocycles. The summed E-state index contributed by atoms with van der Waals surface area (Å²) >= 11 is 6.02. The third-order valence-corrected chi connectivity index (χ3v) is 2.41. The molecule has 0 spiro atoms. The van der Waals surface area contributed by atoms with Gasteiger partial charge in [-0.1, -0.05) is 11.6 Å². The summed E-state index contributed by atoms with van der Waals surface area (Å²) in [5.74, 6) is 0.818. The zero-order chi connectivity index (χ0) is 12.8. The molecule has 0 unspecified atom stereocenters. The molecule has 1 N–H and O–H groups in total. The number of amides is 1. The van der Waals surface area contributed by atoms with Crippen molar-refractivity contribution in [3.05, 3.63) is 28.8 Å². The highest BCUT2D eigenvalue weighted by Gasteiger charge is 2.09. The lowest BCUT2D eigenvalue weighted by molar-refractivity contribution is -0.115. The smallest absolute Gasteiger partial charge is 0.243 e. The molecule has 0 aromatic heterocycles. The third kappa shape index (κ3) is 3.39. The van der Waals surface area contributed by atoms with E-state index in [9.17, 15) is 4.79 Å². The molecule has 0 aliphatic carbocycles. The number of benzene rings is 1. The van der Waals surface area contributed by atoms with E-state index in [2.05, 4.69) is 5.32 Å². The molecule has 0 bridgehead atoms. The molecule has 17 heavy (non-hydrogen) atoms. The number of hydrogen-bond acceptors (Lipinski definition) is 3. The van der Waals surface area contributed by atoms with Crippen molar-refractivity contribution in [3.63, 3.8) is 0 Å². The van der Waals surface area contributed by atoms with Gasteiger partial charge in [0.25, 0.3) is 0 Å². The summed E-state index contributed by atoms with van der Waals surface area (Å²) in [4.78, 5) is 11.1. The van der Waals surface area contributed by atoms with E-state index in [1.54, 1.807) is 25.3 Å². The molecule has 1 aromatic rings. The molecule has 0 saturated heterocycles. The number of rotatable bonds is 4. The molecule has 5 heteroatoms. The van der Waals surface area contributed by atoms with Crippen LogP contribution in [0.4, 0.5) is 0 Å². The minimum Gasteiger partial charge on any atom is -0.493 e. The standard InChI is InChI=1S/C12H14ClNO3/c1-14-11(15)5-4-8-6-9(13)12(17-3)10(7-8)16-2/h4-7H,1-3H3,(H,14,15)/b5-4+. The fraction of sp³-hybridized carbons (Fsp3) is 0.250. The van der Waals surface area contributed by atoms with E-state index in [0.29, 0.717) is 16.5 Å². The van der Waals surface area contributed by atoms with Crippen LogP contribution in [0.1, 0.15) is 5.56 Å². The van der Waals surface area contributed by atoms with Crippen molar-refractivity contribution in [1.82, 2.24) is 5.32 Å². The normalized spacial score (nSPS) is 10.4. The van der Waals surface area contributed by atoms with Gasteiger partial charge in [0.05, 0.1) is 19.2 Å². The van der Waals surface area contributed by atoms with Crippen molar-refractivity contribution in [3.8, 4) is 11.5 Å². The highest BCUT2D eigenvalue weighted by Crippen LogP contribution is 2.36. The van der Waals surface area contributed by atoms with Crippen molar-refractivity contribution in [2.45, 2.75) is 0 Å². The first kappa shape index (κ1) is 13.4. The Hall–Kier alpha value is -1.68. The van der Waals surface area contributed by atoms with Crippen LogP contribution in [0.3, 0.4) is 0 Å². The summed E-state index contributed by atoms with van der Waals surface area (Å²) in [6.07, 6.45) is 3.06. The number of carbonyl (C=O) groups excluding carboxylic acids is 1. The highest BCUT2D eigenvalue weighted by atomic mass is 35.5. The molecule has 0 aliphatic heterocycles. The number of carbonyl (C=O) groups is 1.